The molecule has 2 aromatic heterocycles. The summed E-state index contributed by atoms with van der Waals surface area (Å²) in [6.07, 6.45) is 5.36. The highest BCUT2D eigenvalue weighted by molar-refractivity contribution is 5.00. The first-order valence-corrected chi connectivity index (χ1v) is 7.50. The summed E-state index contributed by atoms with van der Waals surface area (Å²) in [5, 5.41) is 12.0. The van der Waals surface area contributed by atoms with Gasteiger partial charge < -0.3 is 5.32 Å². The van der Waals surface area contributed by atoms with Crippen LogP contribution in [0.15, 0.2) is 17.4 Å². The second-order valence-corrected chi connectivity index (χ2v) is 5.31. The normalized spacial score (nSPS) is 19.0. The predicted octanol–water partition coefficient (Wildman–Crippen LogP) is -0.177. The zero-order valence-corrected chi connectivity index (χ0v) is 12.3. The minimum absolute atomic E-state index is 0.0295. The van der Waals surface area contributed by atoms with Gasteiger partial charge >= 0.3 is 5.69 Å². The molecule has 1 fully saturated rings. The third-order valence-electron chi connectivity index (χ3n) is 3.94. The summed E-state index contributed by atoms with van der Waals surface area (Å²) in [4.78, 5) is 16.3. The summed E-state index contributed by atoms with van der Waals surface area (Å²) < 4.78 is 5.05. The highest BCUT2D eigenvalue weighted by Gasteiger charge is 2.23. The first-order valence-electron chi connectivity index (χ1n) is 7.50. The summed E-state index contributed by atoms with van der Waals surface area (Å²) in [6.45, 7) is 5.73. The lowest BCUT2D eigenvalue weighted by Crippen LogP contribution is -2.31. The van der Waals surface area contributed by atoms with Crippen LogP contribution in [0, 0.1) is 0 Å². The summed E-state index contributed by atoms with van der Waals surface area (Å²) in [5.74, 6) is 1.24. The first kappa shape index (κ1) is 14.0. The van der Waals surface area contributed by atoms with E-state index >= 15 is 0 Å². The van der Waals surface area contributed by atoms with E-state index in [4.69, 9.17) is 0 Å². The second-order valence-electron chi connectivity index (χ2n) is 5.31. The number of nitrogens with zero attached hydrogens (tertiary/aromatic N) is 6. The lowest BCUT2D eigenvalue weighted by molar-refractivity contribution is 0.429. The van der Waals surface area contributed by atoms with Crippen molar-refractivity contribution in [1.29, 1.82) is 0 Å². The summed E-state index contributed by atoms with van der Waals surface area (Å²) in [6, 6.07) is 0. The van der Waals surface area contributed by atoms with Gasteiger partial charge in [-0.25, -0.2) is 14.5 Å². The lowest BCUT2D eigenvalue weighted by atomic mass is 9.99. The van der Waals surface area contributed by atoms with E-state index in [2.05, 4.69) is 20.5 Å². The van der Waals surface area contributed by atoms with Crippen molar-refractivity contribution in [2.24, 2.45) is 0 Å². The Morgan fingerprint density at radius 1 is 1.43 bits per heavy atom. The van der Waals surface area contributed by atoms with E-state index in [0.717, 1.165) is 31.8 Å². The number of hydrogen-bond acceptors (Lipinski definition) is 5. The largest absolute Gasteiger partial charge is 0.345 e. The van der Waals surface area contributed by atoms with Gasteiger partial charge in [-0.2, -0.15) is 10.2 Å². The average molecular weight is 291 g/mol. The van der Waals surface area contributed by atoms with Crippen LogP contribution in [0.25, 0.3) is 0 Å². The number of hydrogen-bond donors (Lipinski definition) is 1. The average Bonchev–Trinajstić information content (AvgIpc) is 3.14. The Kier molecular flexibility index (Phi) is 4.14. The molecule has 21 heavy (non-hydrogen) atoms. The fourth-order valence-electron chi connectivity index (χ4n) is 2.82. The molecule has 8 nitrogen and oxygen atoms in total. The fourth-order valence-corrected chi connectivity index (χ4v) is 2.82. The van der Waals surface area contributed by atoms with Gasteiger partial charge in [-0.1, -0.05) is 0 Å². The van der Waals surface area contributed by atoms with Crippen molar-refractivity contribution in [3.05, 3.63) is 29.0 Å². The predicted molar refractivity (Wildman–Crippen MR) is 77.0 cm³/mol. The minimum atomic E-state index is -0.0295. The highest BCUT2D eigenvalue weighted by atomic mass is 16.2. The number of rotatable bonds is 5. The van der Waals surface area contributed by atoms with Crippen LogP contribution in [0.3, 0.4) is 0 Å². The Morgan fingerprint density at radius 3 is 3.00 bits per heavy atom. The van der Waals surface area contributed by atoms with E-state index in [1.54, 1.807) is 20.3 Å². The van der Waals surface area contributed by atoms with Gasteiger partial charge in [0.15, 0.2) is 0 Å². The first-order chi connectivity index (χ1) is 10.3. The van der Waals surface area contributed by atoms with Crippen molar-refractivity contribution in [2.45, 2.75) is 45.3 Å². The van der Waals surface area contributed by atoms with E-state index in [1.165, 1.54) is 6.33 Å². The third kappa shape index (κ3) is 2.90. The van der Waals surface area contributed by atoms with Crippen molar-refractivity contribution >= 4 is 0 Å². The van der Waals surface area contributed by atoms with Gasteiger partial charge in [0.05, 0.1) is 13.1 Å². The van der Waals surface area contributed by atoms with Gasteiger partial charge in [-0.15, -0.1) is 0 Å². The quantitative estimate of drug-likeness (QED) is 0.826. The maximum absolute atomic E-state index is 12.4. The molecule has 1 N–H and O–H groups in total. The third-order valence-corrected chi connectivity index (χ3v) is 3.94. The van der Waals surface area contributed by atoms with Crippen LogP contribution in [0.4, 0.5) is 0 Å². The van der Waals surface area contributed by atoms with Crippen molar-refractivity contribution in [3.63, 3.8) is 0 Å². The van der Waals surface area contributed by atoms with Gasteiger partial charge in [0, 0.05) is 19.0 Å². The van der Waals surface area contributed by atoms with Crippen molar-refractivity contribution in [2.75, 3.05) is 13.1 Å². The van der Waals surface area contributed by atoms with Gasteiger partial charge in [0.25, 0.3) is 0 Å². The Balaban J connectivity index is 1.80. The summed E-state index contributed by atoms with van der Waals surface area (Å²) in [5.41, 5.74) is -0.0295. The number of aryl methyl sites for hydroxylation is 2. The molecule has 1 saturated heterocycles. The van der Waals surface area contributed by atoms with E-state index in [1.807, 2.05) is 6.92 Å². The number of piperidine rings is 1. The Morgan fingerprint density at radius 2 is 2.33 bits per heavy atom. The molecule has 3 heterocycles. The lowest BCUT2D eigenvalue weighted by Gasteiger charge is -2.21. The van der Waals surface area contributed by atoms with Crippen LogP contribution in [0.1, 0.15) is 31.5 Å². The van der Waals surface area contributed by atoms with Gasteiger partial charge in [-0.05, 0) is 26.3 Å². The van der Waals surface area contributed by atoms with Crippen LogP contribution in [-0.4, -0.2) is 42.2 Å². The van der Waals surface area contributed by atoms with Crippen LogP contribution >= 0.6 is 0 Å². The fraction of sp³-hybridized carbons (Fsp3) is 0.692. The smallest absolute Gasteiger partial charge is 0.316 e. The maximum atomic E-state index is 12.4. The SMILES string of the molecule is CCn1c([C@@H]2CCCNC2)nn(CCn2cncn2)c1=O. The van der Waals surface area contributed by atoms with E-state index in [9.17, 15) is 4.79 Å². The topological polar surface area (TPSA) is 82.6 Å². The molecule has 3 rings (SSSR count). The molecule has 0 aliphatic carbocycles. The van der Waals surface area contributed by atoms with E-state index in [0.29, 0.717) is 25.6 Å². The molecule has 1 aliphatic heterocycles. The number of aromatic nitrogens is 6. The van der Waals surface area contributed by atoms with Gasteiger partial charge in [0.2, 0.25) is 0 Å². The number of nitrogens with one attached hydrogen (secondary N) is 1. The molecule has 2 aromatic rings. The molecule has 0 unspecified atom stereocenters. The zero-order valence-electron chi connectivity index (χ0n) is 12.3. The molecule has 0 aromatic carbocycles. The molecule has 0 bridgehead atoms. The molecule has 0 amide bonds. The summed E-state index contributed by atoms with van der Waals surface area (Å²) in [7, 11) is 0. The zero-order chi connectivity index (χ0) is 14.7. The summed E-state index contributed by atoms with van der Waals surface area (Å²) >= 11 is 0. The van der Waals surface area contributed by atoms with Gasteiger partial charge in [0.1, 0.15) is 18.5 Å². The molecule has 0 saturated carbocycles. The van der Waals surface area contributed by atoms with Crippen molar-refractivity contribution in [3.8, 4) is 0 Å². The second kappa shape index (κ2) is 6.21. The molecule has 0 radical (unpaired) electrons. The standard InChI is InChI=1S/C13H21N7O/c1-2-19-12(11-4-3-5-14-8-11)17-20(13(19)21)7-6-18-10-15-9-16-18/h9-11,14H,2-8H2,1H3/t11-/m1/s1. The Labute approximate surface area is 122 Å². The van der Waals surface area contributed by atoms with Gasteiger partial charge in [-0.3, -0.25) is 9.25 Å². The maximum Gasteiger partial charge on any atom is 0.345 e. The highest BCUT2D eigenvalue weighted by Crippen LogP contribution is 2.20. The Bertz CT molecular complexity index is 621. The molecular weight excluding hydrogens is 270 g/mol. The minimum Gasteiger partial charge on any atom is -0.316 e. The van der Waals surface area contributed by atoms with E-state index < -0.39 is 0 Å². The molecule has 0 spiro atoms. The molecule has 114 valence electrons. The Hall–Kier alpha value is -1.96. The molecular formula is C13H21N7O. The van der Waals surface area contributed by atoms with Crippen LogP contribution in [-0.2, 0) is 19.6 Å². The van der Waals surface area contributed by atoms with Crippen molar-refractivity contribution in [1.82, 2.24) is 34.4 Å². The molecule has 1 aliphatic rings. The monoisotopic (exact) mass is 291 g/mol. The van der Waals surface area contributed by atoms with Crippen molar-refractivity contribution < 1.29 is 0 Å². The van der Waals surface area contributed by atoms with Crippen LogP contribution in [0.5, 0.6) is 0 Å². The molecule has 1 atom stereocenters. The molecule has 8 heteroatoms. The van der Waals surface area contributed by atoms with E-state index in [-0.39, 0.29) is 5.69 Å². The van der Waals surface area contributed by atoms with Crippen LogP contribution < -0.4 is 11.0 Å². The van der Waals surface area contributed by atoms with Crippen LogP contribution in [0.2, 0.25) is 0 Å².